The van der Waals surface area contributed by atoms with Gasteiger partial charge in [-0.3, -0.25) is 10.00 Å². The van der Waals surface area contributed by atoms with Crippen LogP contribution < -0.4 is 16.0 Å². The first-order valence-corrected chi connectivity index (χ1v) is 12.5. The smallest absolute Gasteiger partial charge is 0.227 e. The van der Waals surface area contributed by atoms with Crippen molar-refractivity contribution < 1.29 is 14.2 Å². The average molecular weight is 517 g/mol. The molecule has 36 heavy (non-hydrogen) atoms. The summed E-state index contributed by atoms with van der Waals surface area (Å²) in [6.07, 6.45) is 2.30. The maximum Gasteiger partial charge on any atom is 0.227 e. The molecule has 0 spiro atoms. The quantitative estimate of drug-likeness (QED) is 0.260. The van der Waals surface area contributed by atoms with E-state index in [9.17, 15) is 9.50 Å². The molecule has 2 aromatic heterocycles. The second kappa shape index (κ2) is 11.4. The first-order valence-electron chi connectivity index (χ1n) is 12.2. The Hall–Kier alpha value is -2.99. The van der Waals surface area contributed by atoms with E-state index >= 15 is 0 Å². The number of hydrogen-bond donors (Lipinski definition) is 5. The number of H-pyrrole nitrogens is 1. The van der Waals surface area contributed by atoms with Crippen molar-refractivity contribution in [1.82, 2.24) is 25.1 Å². The van der Waals surface area contributed by atoms with Gasteiger partial charge in [0, 0.05) is 38.2 Å². The molecular weight excluding hydrogens is 487 g/mol. The second-order valence-electron chi connectivity index (χ2n) is 8.98. The van der Waals surface area contributed by atoms with Crippen LogP contribution >= 0.6 is 11.6 Å². The maximum atomic E-state index is 13.4. The molecule has 192 valence electrons. The molecule has 0 amide bonds. The van der Waals surface area contributed by atoms with Crippen LogP contribution in [0.25, 0.3) is 0 Å². The summed E-state index contributed by atoms with van der Waals surface area (Å²) in [5.41, 5.74) is 1.72. The molecule has 2 fully saturated rings. The molecule has 1 atom stereocenters. The molecule has 10 nitrogen and oxygen atoms in total. The van der Waals surface area contributed by atoms with Crippen molar-refractivity contribution in [2.75, 3.05) is 62.0 Å². The SMILES string of the molecule is OC[C@H](Nc1nc(NCCN2CCOCC2)c(Cl)c(Nc2cc(C3CC3)n[nH]2)n1)c1ccc(F)cc1. The van der Waals surface area contributed by atoms with E-state index in [0.717, 1.165) is 51.4 Å². The molecule has 1 aromatic carbocycles. The third kappa shape index (κ3) is 6.22. The summed E-state index contributed by atoms with van der Waals surface area (Å²) in [5, 5.41) is 27.4. The number of aliphatic hydroxyl groups excluding tert-OH is 1. The summed E-state index contributed by atoms with van der Waals surface area (Å²) in [5.74, 6) is 1.96. The van der Waals surface area contributed by atoms with Gasteiger partial charge in [-0.15, -0.1) is 0 Å². The highest BCUT2D eigenvalue weighted by molar-refractivity contribution is 6.35. The molecule has 0 radical (unpaired) electrons. The van der Waals surface area contributed by atoms with Crippen molar-refractivity contribution in [3.63, 3.8) is 0 Å². The number of anilines is 4. The molecule has 5 N–H and O–H groups in total. The van der Waals surface area contributed by atoms with Crippen molar-refractivity contribution in [3.8, 4) is 0 Å². The summed E-state index contributed by atoms with van der Waals surface area (Å²) >= 11 is 6.70. The Labute approximate surface area is 213 Å². The summed E-state index contributed by atoms with van der Waals surface area (Å²) in [6, 6.07) is 7.36. The third-order valence-corrected chi connectivity index (χ3v) is 6.64. The van der Waals surface area contributed by atoms with E-state index in [4.69, 9.17) is 16.3 Å². The number of morpholine rings is 1. The fourth-order valence-electron chi connectivity index (χ4n) is 4.07. The normalized spacial score (nSPS) is 17.1. The Balaban J connectivity index is 1.36. The minimum absolute atomic E-state index is 0.231. The highest BCUT2D eigenvalue weighted by Gasteiger charge is 2.26. The van der Waals surface area contributed by atoms with Gasteiger partial charge < -0.3 is 25.8 Å². The lowest BCUT2D eigenvalue weighted by Gasteiger charge is -2.26. The minimum Gasteiger partial charge on any atom is -0.394 e. The highest BCUT2D eigenvalue weighted by Crippen LogP contribution is 2.40. The highest BCUT2D eigenvalue weighted by atomic mass is 35.5. The van der Waals surface area contributed by atoms with Gasteiger partial charge in [0.25, 0.3) is 0 Å². The molecule has 1 aliphatic heterocycles. The molecule has 3 heterocycles. The van der Waals surface area contributed by atoms with E-state index in [1.165, 1.54) is 12.1 Å². The average Bonchev–Trinajstić information content (AvgIpc) is 3.64. The van der Waals surface area contributed by atoms with Gasteiger partial charge in [0.2, 0.25) is 5.95 Å². The van der Waals surface area contributed by atoms with Gasteiger partial charge in [-0.2, -0.15) is 15.1 Å². The molecule has 5 rings (SSSR count). The van der Waals surface area contributed by atoms with Crippen molar-refractivity contribution in [2.45, 2.75) is 24.8 Å². The number of halogens is 2. The van der Waals surface area contributed by atoms with Crippen molar-refractivity contribution in [2.24, 2.45) is 0 Å². The van der Waals surface area contributed by atoms with E-state index in [1.807, 2.05) is 6.07 Å². The van der Waals surface area contributed by atoms with Gasteiger partial charge in [-0.1, -0.05) is 23.7 Å². The number of ether oxygens (including phenoxy) is 1. The zero-order chi connectivity index (χ0) is 24.9. The zero-order valence-corrected chi connectivity index (χ0v) is 20.6. The molecule has 12 heteroatoms. The van der Waals surface area contributed by atoms with Gasteiger partial charge in [0.05, 0.1) is 31.6 Å². The van der Waals surface area contributed by atoms with Crippen LogP contribution in [0.2, 0.25) is 5.02 Å². The lowest BCUT2D eigenvalue weighted by atomic mass is 10.1. The molecule has 0 bridgehead atoms. The molecule has 3 aromatic rings. The Morgan fingerprint density at radius 1 is 1.17 bits per heavy atom. The number of nitrogens with zero attached hydrogens (tertiary/aromatic N) is 4. The van der Waals surface area contributed by atoms with E-state index in [-0.39, 0.29) is 18.4 Å². The van der Waals surface area contributed by atoms with Gasteiger partial charge in [0.15, 0.2) is 11.6 Å². The molecule has 1 saturated carbocycles. The first-order chi connectivity index (χ1) is 17.6. The zero-order valence-electron chi connectivity index (χ0n) is 19.8. The largest absolute Gasteiger partial charge is 0.394 e. The lowest BCUT2D eigenvalue weighted by molar-refractivity contribution is 0.0398. The standard InChI is InChI=1S/C24H30ClFN8O2/c25-21-22(27-7-8-34-9-11-36-12-10-34)30-24(28-19(14-35)16-3-5-17(26)6-4-16)31-23(21)29-20-13-18(32-33-20)15-1-2-15/h3-6,13,15,19,35H,1-2,7-12,14H2,(H4,27,28,29,30,31,32,33)/t19-/m0/s1. The minimum atomic E-state index is -0.533. The number of hydrogen-bond acceptors (Lipinski definition) is 9. The van der Waals surface area contributed by atoms with Crippen LogP contribution in [0, 0.1) is 5.82 Å². The molecule has 2 aliphatic rings. The topological polar surface area (TPSA) is 123 Å². The van der Waals surface area contributed by atoms with E-state index in [2.05, 4.69) is 41.0 Å². The van der Waals surface area contributed by atoms with Crippen LogP contribution in [-0.4, -0.2) is 76.2 Å². The fraction of sp³-hybridized carbons (Fsp3) is 0.458. The van der Waals surface area contributed by atoms with Gasteiger partial charge >= 0.3 is 0 Å². The van der Waals surface area contributed by atoms with Crippen LogP contribution in [0.1, 0.15) is 36.1 Å². The van der Waals surface area contributed by atoms with Crippen LogP contribution in [0.15, 0.2) is 30.3 Å². The van der Waals surface area contributed by atoms with Crippen molar-refractivity contribution in [1.29, 1.82) is 0 Å². The predicted molar refractivity (Wildman–Crippen MR) is 136 cm³/mol. The van der Waals surface area contributed by atoms with Gasteiger partial charge in [-0.25, -0.2) is 4.39 Å². The van der Waals surface area contributed by atoms with E-state index in [1.54, 1.807) is 12.1 Å². The summed E-state index contributed by atoms with van der Waals surface area (Å²) in [6.45, 7) is 4.45. The number of aromatic nitrogens is 4. The second-order valence-corrected chi connectivity index (χ2v) is 9.35. The summed E-state index contributed by atoms with van der Waals surface area (Å²) < 4.78 is 18.8. The van der Waals surface area contributed by atoms with Crippen LogP contribution in [-0.2, 0) is 4.74 Å². The van der Waals surface area contributed by atoms with Crippen LogP contribution in [0.5, 0.6) is 0 Å². The Bertz CT molecular complexity index is 1150. The third-order valence-electron chi connectivity index (χ3n) is 6.28. The first kappa shape index (κ1) is 24.7. The number of aliphatic hydroxyl groups is 1. The number of benzene rings is 1. The molecule has 0 unspecified atom stereocenters. The maximum absolute atomic E-state index is 13.4. The van der Waals surface area contributed by atoms with Crippen LogP contribution in [0.3, 0.4) is 0 Å². The monoisotopic (exact) mass is 516 g/mol. The molecule has 1 aliphatic carbocycles. The fourth-order valence-corrected chi connectivity index (χ4v) is 4.27. The summed E-state index contributed by atoms with van der Waals surface area (Å²) in [7, 11) is 0. The predicted octanol–water partition coefficient (Wildman–Crippen LogP) is 3.50. The van der Waals surface area contributed by atoms with Gasteiger partial charge in [0.1, 0.15) is 16.7 Å². The van der Waals surface area contributed by atoms with E-state index < -0.39 is 6.04 Å². The van der Waals surface area contributed by atoms with Crippen LogP contribution in [0.4, 0.5) is 27.8 Å². The summed E-state index contributed by atoms with van der Waals surface area (Å²) in [4.78, 5) is 11.4. The Morgan fingerprint density at radius 2 is 1.92 bits per heavy atom. The van der Waals surface area contributed by atoms with Gasteiger partial charge in [-0.05, 0) is 30.5 Å². The Morgan fingerprint density at radius 3 is 2.64 bits per heavy atom. The number of rotatable bonds is 11. The number of nitrogens with one attached hydrogen (secondary N) is 4. The lowest BCUT2D eigenvalue weighted by Crippen LogP contribution is -2.39. The Kier molecular flexibility index (Phi) is 7.81. The van der Waals surface area contributed by atoms with Crippen molar-refractivity contribution in [3.05, 3.63) is 52.4 Å². The number of aromatic amines is 1. The van der Waals surface area contributed by atoms with Crippen molar-refractivity contribution >= 4 is 35.0 Å². The molecular formula is C24H30ClFN8O2. The molecule has 1 saturated heterocycles. The van der Waals surface area contributed by atoms with E-state index in [0.29, 0.717) is 40.5 Å².